The maximum Gasteiger partial charge on any atom is 0.328 e. The first-order valence-electron chi connectivity index (χ1n) is 15.2. The van der Waals surface area contributed by atoms with Crippen LogP contribution in [0.15, 0.2) is 84.9 Å². The number of hydrogen-bond acceptors (Lipinski definition) is 8. The number of hydrogen-bond donors (Lipinski definition) is 2. The number of ether oxygens (including phenoxy) is 2. The Morgan fingerprint density at radius 1 is 0.696 bits per heavy atom. The highest BCUT2D eigenvalue weighted by molar-refractivity contribution is 6.21. The molecule has 0 radical (unpaired) electrons. The van der Waals surface area contributed by atoms with Gasteiger partial charge in [-0.3, -0.25) is 28.9 Å². The highest BCUT2D eigenvalue weighted by atomic mass is 16.5. The van der Waals surface area contributed by atoms with Gasteiger partial charge in [-0.2, -0.15) is 0 Å². The van der Waals surface area contributed by atoms with Crippen LogP contribution in [0.1, 0.15) is 70.9 Å². The molecule has 2 atom stereocenters. The molecule has 46 heavy (non-hydrogen) atoms. The van der Waals surface area contributed by atoms with E-state index in [4.69, 9.17) is 9.47 Å². The lowest BCUT2D eigenvalue weighted by Crippen LogP contribution is -2.50. The number of benzene rings is 3. The Hall–Kier alpha value is -5.32. The Kier molecular flexibility index (Phi) is 12.2. The normalized spacial score (nSPS) is 13.4. The van der Waals surface area contributed by atoms with Crippen molar-refractivity contribution in [3.63, 3.8) is 0 Å². The van der Waals surface area contributed by atoms with E-state index in [2.05, 4.69) is 10.6 Å². The van der Waals surface area contributed by atoms with E-state index in [-0.39, 0.29) is 50.8 Å². The number of nitrogens with zero attached hydrogens (tertiary/aromatic N) is 1. The molecule has 0 spiro atoms. The van der Waals surface area contributed by atoms with Gasteiger partial charge in [0, 0.05) is 19.4 Å². The quantitative estimate of drug-likeness (QED) is 0.139. The molecule has 1 aliphatic heterocycles. The predicted molar refractivity (Wildman–Crippen MR) is 167 cm³/mol. The average molecular weight is 628 g/mol. The number of nitrogens with one attached hydrogen (secondary N) is 2. The molecule has 0 saturated carbocycles. The second-order valence-electron chi connectivity index (χ2n) is 10.9. The topological polar surface area (TPSA) is 148 Å². The third-order valence-corrected chi connectivity index (χ3v) is 7.39. The lowest BCUT2D eigenvalue weighted by Gasteiger charge is -2.21. The van der Waals surface area contributed by atoms with Crippen LogP contribution >= 0.6 is 0 Å². The second-order valence-corrected chi connectivity index (χ2v) is 10.9. The standard InChI is InChI=1S/C35H37N3O8/c1-24(36-30(39)18-10-11-21-38-33(42)27-16-8-9-17-28(27)34(38)43)32(41)37-29(35(44)46-23-26-14-6-3-7-15-26)19-20-31(40)45-22-25-12-4-2-5-13-25/h2-9,12-17,24,29H,10-11,18-23H2,1H3,(H,36,39)(H,37,41)/t24-,29+/m0/s1. The lowest BCUT2D eigenvalue weighted by atomic mass is 10.1. The van der Waals surface area contributed by atoms with Crippen LogP contribution in [-0.4, -0.2) is 59.1 Å². The molecule has 2 N–H and O–H groups in total. The molecule has 0 aromatic heterocycles. The largest absolute Gasteiger partial charge is 0.461 e. The number of esters is 2. The number of imide groups is 1. The van der Waals surface area contributed by atoms with Crippen molar-refractivity contribution in [1.82, 2.24) is 15.5 Å². The fourth-order valence-electron chi connectivity index (χ4n) is 4.82. The van der Waals surface area contributed by atoms with E-state index in [1.165, 1.54) is 11.8 Å². The average Bonchev–Trinajstić information content (AvgIpc) is 3.32. The summed E-state index contributed by atoms with van der Waals surface area (Å²) in [4.78, 5) is 77.1. The van der Waals surface area contributed by atoms with Crippen molar-refractivity contribution in [2.24, 2.45) is 0 Å². The molecule has 1 aliphatic rings. The van der Waals surface area contributed by atoms with Gasteiger partial charge >= 0.3 is 11.9 Å². The molecule has 4 rings (SSSR count). The minimum absolute atomic E-state index is 0.0164. The maximum atomic E-state index is 13.0. The number of fused-ring (bicyclic) bond motifs is 1. The molecule has 0 bridgehead atoms. The molecule has 0 fully saturated rings. The summed E-state index contributed by atoms with van der Waals surface area (Å²) in [5.74, 6) is -2.99. The molecular weight excluding hydrogens is 590 g/mol. The van der Waals surface area contributed by atoms with Gasteiger partial charge < -0.3 is 20.1 Å². The Labute approximate surface area is 267 Å². The summed E-state index contributed by atoms with van der Waals surface area (Å²) in [6, 6.07) is 22.7. The molecular formula is C35H37N3O8. The predicted octanol–water partition coefficient (Wildman–Crippen LogP) is 3.71. The number of carbonyl (C=O) groups excluding carboxylic acids is 6. The zero-order valence-corrected chi connectivity index (χ0v) is 25.6. The van der Waals surface area contributed by atoms with Gasteiger partial charge in [0.05, 0.1) is 11.1 Å². The summed E-state index contributed by atoms with van der Waals surface area (Å²) < 4.78 is 10.7. The second kappa shape index (κ2) is 16.7. The van der Waals surface area contributed by atoms with Crippen molar-refractivity contribution in [3.05, 3.63) is 107 Å². The van der Waals surface area contributed by atoms with Gasteiger partial charge in [-0.15, -0.1) is 0 Å². The van der Waals surface area contributed by atoms with Crippen LogP contribution in [0.4, 0.5) is 0 Å². The molecule has 11 heteroatoms. The summed E-state index contributed by atoms with van der Waals surface area (Å²) in [5.41, 5.74) is 2.32. The van der Waals surface area contributed by atoms with Gasteiger partial charge in [0.25, 0.3) is 11.8 Å². The van der Waals surface area contributed by atoms with Crippen molar-refractivity contribution < 1.29 is 38.2 Å². The summed E-state index contributed by atoms with van der Waals surface area (Å²) in [5, 5.41) is 5.20. The fourth-order valence-corrected chi connectivity index (χ4v) is 4.82. The summed E-state index contributed by atoms with van der Waals surface area (Å²) in [7, 11) is 0. The van der Waals surface area contributed by atoms with E-state index in [0.29, 0.717) is 24.0 Å². The number of amides is 4. The van der Waals surface area contributed by atoms with E-state index < -0.39 is 35.8 Å². The summed E-state index contributed by atoms with van der Waals surface area (Å²) in [6.07, 6.45) is 0.649. The third-order valence-electron chi connectivity index (χ3n) is 7.39. The van der Waals surface area contributed by atoms with Gasteiger partial charge in [-0.05, 0) is 49.4 Å². The van der Waals surface area contributed by atoms with Crippen LogP contribution in [0.5, 0.6) is 0 Å². The molecule has 0 unspecified atom stereocenters. The Balaban J connectivity index is 1.23. The van der Waals surface area contributed by atoms with E-state index in [1.807, 2.05) is 36.4 Å². The van der Waals surface area contributed by atoms with Crippen LogP contribution in [0, 0.1) is 0 Å². The van der Waals surface area contributed by atoms with Crippen molar-refractivity contribution in [2.75, 3.05) is 6.54 Å². The van der Waals surface area contributed by atoms with Gasteiger partial charge in [0.15, 0.2) is 0 Å². The molecule has 4 amide bonds. The molecule has 3 aromatic rings. The van der Waals surface area contributed by atoms with Gasteiger partial charge in [0.1, 0.15) is 25.3 Å². The molecule has 3 aromatic carbocycles. The van der Waals surface area contributed by atoms with Crippen LogP contribution in [0.25, 0.3) is 0 Å². The van der Waals surface area contributed by atoms with Gasteiger partial charge in [0.2, 0.25) is 11.8 Å². The number of carbonyl (C=O) groups is 6. The van der Waals surface area contributed by atoms with Crippen LogP contribution < -0.4 is 10.6 Å². The first kappa shape index (κ1) is 33.6. The van der Waals surface area contributed by atoms with Gasteiger partial charge in [-0.1, -0.05) is 72.8 Å². The lowest BCUT2D eigenvalue weighted by molar-refractivity contribution is -0.150. The highest BCUT2D eigenvalue weighted by Crippen LogP contribution is 2.22. The molecule has 0 saturated heterocycles. The zero-order chi connectivity index (χ0) is 32.9. The van der Waals surface area contributed by atoms with E-state index in [0.717, 1.165) is 11.1 Å². The smallest absolute Gasteiger partial charge is 0.328 e. The molecule has 240 valence electrons. The van der Waals surface area contributed by atoms with Gasteiger partial charge in [-0.25, -0.2) is 4.79 Å². The maximum absolute atomic E-state index is 13.0. The summed E-state index contributed by atoms with van der Waals surface area (Å²) >= 11 is 0. The Bertz CT molecular complexity index is 1510. The first-order valence-corrected chi connectivity index (χ1v) is 15.2. The summed E-state index contributed by atoms with van der Waals surface area (Å²) in [6.45, 7) is 1.72. The minimum Gasteiger partial charge on any atom is -0.461 e. The van der Waals surface area contributed by atoms with Crippen LogP contribution in [0.2, 0.25) is 0 Å². The van der Waals surface area contributed by atoms with Crippen molar-refractivity contribution in [2.45, 2.75) is 64.3 Å². The monoisotopic (exact) mass is 627 g/mol. The third kappa shape index (κ3) is 9.59. The van der Waals surface area contributed by atoms with Crippen molar-refractivity contribution >= 4 is 35.6 Å². The van der Waals surface area contributed by atoms with Crippen LogP contribution in [-0.2, 0) is 41.9 Å². The highest BCUT2D eigenvalue weighted by Gasteiger charge is 2.34. The number of unbranched alkanes of at least 4 members (excludes halogenated alkanes) is 1. The SMILES string of the molecule is C[C@H](NC(=O)CCCCN1C(=O)c2ccccc2C1=O)C(=O)N[C@H](CCC(=O)OCc1ccccc1)C(=O)OCc1ccccc1. The zero-order valence-electron chi connectivity index (χ0n) is 25.6. The Morgan fingerprint density at radius 2 is 1.24 bits per heavy atom. The molecule has 1 heterocycles. The Morgan fingerprint density at radius 3 is 1.83 bits per heavy atom. The van der Waals surface area contributed by atoms with E-state index >= 15 is 0 Å². The number of rotatable bonds is 16. The minimum atomic E-state index is -1.15. The van der Waals surface area contributed by atoms with E-state index in [9.17, 15) is 28.8 Å². The van der Waals surface area contributed by atoms with Crippen molar-refractivity contribution in [1.29, 1.82) is 0 Å². The van der Waals surface area contributed by atoms with Crippen LogP contribution in [0.3, 0.4) is 0 Å². The van der Waals surface area contributed by atoms with E-state index in [1.54, 1.807) is 48.5 Å². The van der Waals surface area contributed by atoms with Crippen molar-refractivity contribution in [3.8, 4) is 0 Å². The molecule has 0 aliphatic carbocycles. The fraction of sp³-hybridized carbons (Fsp3) is 0.314. The first-order chi connectivity index (χ1) is 22.2. The molecule has 11 nitrogen and oxygen atoms in total.